The minimum absolute atomic E-state index is 0.161. The van der Waals surface area contributed by atoms with Crippen molar-refractivity contribution in [2.45, 2.75) is 25.7 Å². The maximum absolute atomic E-state index is 12.6. The molecule has 0 aromatic heterocycles. The number of piperazine rings is 1. The van der Waals surface area contributed by atoms with Crippen molar-refractivity contribution in [1.82, 2.24) is 9.80 Å². The fraction of sp³-hybridized carbons (Fsp3) is 0.433. The Balaban J connectivity index is 1.15. The SMILES string of the molecule is CC1SC2=Nc3ccccc3NC(N3CC[N+](C)(COC(=O)N(C)CC(=O)OCc4ccccc4)CC3)=C2C1C. The number of benzene rings is 2. The molecule has 0 spiro atoms. The summed E-state index contributed by atoms with van der Waals surface area (Å²) >= 11 is 1.85. The molecule has 5 rings (SSSR count). The fourth-order valence-electron chi connectivity index (χ4n) is 5.07. The highest BCUT2D eigenvalue weighted by Gasteiger charge is 2.39. The number of quaternary nitrogens is 1. The minimum Gasteiger partial charge on any atom is -0.459 e. The van der Waals surface area contributed by atoms with Crippen LogP contribution < -0.4 is 5.32 Å². The molecule has 0 radical (unpaired) electrons. The Morgan fingerprint density at radius 2 is 1.77 bits per heavy atom. The number of hydrogen-bond acceptors (Lipinski definition) is 8. The molecule has 1 amide bonds. The second kappa shape index (κ2) is 11.9. The quantitative estimate of drug-likeness (QED) is 0.387. The van der Waals surface area contributed by atoms with Gasteiger partial charge in [-0.05, 0) is 23.6 Å². The summed E-state index contributed by atoms with van der Waals surface area (Å²) in [7, 11) is 3.66. The third-order valence-corrected chi connectivity index (χ3v) is 9.19. The van der Waals surface area contributed by atoms with Crippen LogP contribution in [-0.4, -0.2) is 90.2 Å². The number of ether oxygens (including phenoxy) is 2. The molecule has 2 fully saturated rings. The molecule has 2 atom stereocenters. The van der Waals surface area contributed by atoms with Crippen LogP contribution in [0.25, 0.3) is 0 Å². The monoisotopic (exact) mass is 564 g/mol. The van der Waals surface area contributed by atoms with Crippen LogP contribution in [0, 0.1) is 5.92 Å². The lowest BCUT2D eigenvalue weighted by atomic mass is 9.98. The Morgan fingerprint density at radius 1 is 1.07 bits per heavy atom. The summed E-state index contributed by atoms with van der Waals surface area (Å²) in [6, 6.07) is 17.7. The van der Waals surface area contributed by atoms with Crippen molar-refractivity contribution in [3.63, 3.8) is 0 Å². The molecule has 2 aromatic rings. The van der Waals surface area contributed by atoms with Crippen molar-refractivity contribution in [2.75, 3.05) is 58.9 Å². The number of aliphatic imine (C=N–C) groups is 1. The standard InChI is InChI=1S/C30H38N5O4S/c1-21-22(2)40-29-27(21)28(31-24-12-8-9-13-25(24)32-29)34-14-16-35(4,17-15-34)20-39-30(37)33(3)18-26(36)38-19-23-10-6-5-7-11-23/h5-13,21-22,31H,14-20H2,1-4H3/q+1. The lowest BCUT2D eigenvalue weighted by Crippen LogP contribution is -2.58. The van der Waals surface area contributed by atoms with E-state index in [2.05, 4.69) is 43.2 Å². The van der Waals surface area contributed by atoms with E-state index in [9.17, 15) is 9.59 Å². The zero-order chi connectivity index (χ0) is 28.3. The van der Waals surface area contributed by atoms with Crippen molar-refractivity contribution >= 4 is 40.2 Å². The molecule has 3 aliphatic rings. The van der Waals surface area contributed by atoms with Gasteiger partial charge in [0.15, 0.2) is 0 Å². The first-order valence-electron chi connectivity index (χ1n) is 13.7. The van der Waals surface area contributed by atoms with Crippen LogP contribution in [0.1, 0.15) is 19.4 Å². The van der Waals surface area contributed by atoms with E-state index in [1.807, 2.05) is 54.2 Å². The molecule has 0 bridgehead atoms. The number of amides is 1. The number of nitrogens with zero attached hydrogens (tertiary/aromatic N) is 4. The van der Waals surface area contributed by atoms with Gasteiger partial charge in [-0.25, -0.2) is 9.79 Å². The number of likely N-dealkylation sites (N-methyl/N-ethyl adjacent to an activating group) is 2. The Hall–Kier alpha value is -3.50. The van der Waals surface area contributed by atoms with Gasteiger partial charge in [0, 0.05) is 17.9 Å². The smallest absolute Gasteiger partial charge is 0.414 e. The van der Waals surface area contributed by atoms with E-state index in [0.29, 0.717) is 15.7 Å². The molecule has 0 aliphatic carbocycles. The Kier molecular flexibility index (Phi) is 8.37. The highest BCUT2D eigenvalue weighted by molar-refractivity contribution is 8.15. The lowest BCUT2D eigenvalue weighted by Gasteiger charge is -2.43. The molecule has 2 saturated heterocycles. The molecule has 40 heavy (non-hydrogen) atoms. The van der Waals surface area contributed by atoms with Crippen LogP contribution in [-0.2, 0) is 20.9 Å². The molecule has 3 heterocycles. The number of fused-ring (bicyclic) bond motifs is 2. The number of esters is 1. The van der Waals surface area contributed by atoms with Crippen LogP contribution in [0.3, 0.4) is 0 Å². The summed E-state index contributed by atoms with van der Waals surface area (Å²) < 4.78 is 11.5. The molecule has 2 unspecified atom stereocenters. The van der Waals surface area contributed by atoms with E-state index in [-0.39, 0.29) is 19.9 Å². The van der Waals surface area contributed by atoms with Gasteiger partial charge in [-0.2, -0.15) is 0 Å². The third kappa shape index (κ3) is 6.28. The highest BCUT2D eigenvalue weighted by Crippen LogP contribution is 2.45. The summed E-state index contributed by atoms with van der Waals surface area (Å²) in [6.07, 6.45) is -0.531. The molecular weight excluding hydrogens is 526 g/mol. The number of para-hydroxylation sites is 2. The number of carbonyl (C=O) groups is 2. The zero-order valence-electron chi connectivity index (χ0n) is 23.6. The number of thioether (sulfide) groups is 1. The summed E-state index contributed by atoms with van der Waals surface area (Å²) in [4.78, 5) is 33.5. The van der Waals surface area contributed by atoms with Gasteiger partial charge in [0.25, 0.3) is 0 Å². The molecule has 212 valence electrons. The first-order chi connectivity index (χ1) is 19.2. The van der Waals surface area contributed by atoms with Gasteiger partial charge in [-0.3, -0.25) is 9.28 Å². The summed E-state index contributed by atoms with van der Waals surface area (Å²) in [5.74, 6) is 1.06. The van der Waals surface area contributed by atoms with Gasteiger partial charge in [0.2, 0.25) is 6.73 Å². The molecule has 2 aromatic carbocycles. The summed E-state index contributed by atoms with van der Waals surface area (Å²) in [6.45, 7) is 8.09. The number of nitrogens with one attached hydrogen (secondary N) is 1. The van der Waals surface area contributed by atoms with Crippen molar-refractivity contribution in [3.8, 4) is 0 Å². The van der Waals surface area contributed by atoms with E-state index in [4.69, 9.17) is 14.5 Å². The number of rotatable bonds is 7. The van der Waals surface area contributed by atoms with Crippen molar-refractivity contribution in [2.24, 2.45) is 10.9 Å². The number of anilines is 1. The Morgan fingerprint density at radius 3 is 2.52 bits per heavy atom. The molecular formula is C30H38N5O4S+. The van der Waals surface area contributed by atoms with E-state index in [1.165, 1.54) is 10.5 Å². The second-order valence-corrected chi connectivity index (χ2v) is 12.4. The average Bonchev–Trinajstić information content (AvgIpc) is 3.12. The highest BCUT2D eigenvalue weighted by atomic mass is 32.2. The molecule has 3 aliphatic heterocycles. The molecule has 9 nitrogen and oxygen atoms in total. The van der Waals surface area contributed by atoms with Gasteiger partial charge in [-0.1, -0.05) is 56.3 Å². The Labute approximate surface area is 240 Å². The van der Waals surface area contributed by atoms with E-state index in [1.54, 1.807) is 7.05 Å². The minimum atomic E-state index is -0.531. The van der Waals surface area contributed by atoms with Gasteiger partial charge >= 0.3 is 12.1 Å². The maximum atomic E-state index is 12.6. The molecule has 0 saturated carbocycles. The van der Waals surface area contributed by atoms with Crippen LogP contribution in [0.4, 0.5) is 16.2 Å². The molecule has 10 heteroatoms. The average molecular weight is 565 g/mol. The lowest BCUT2D eigenvalue weighted by molar-refractivity contribution is -0.929. The normalized spacial score (nSPS) is 21.4. The number of hydrogen-bond donors (Lipinski definition) is 1. The van der Waals surface area contributed by atoms with Crippen molar-refractivity contribution in [1.29, 1.82) is 0 Å². The largest absolute Gasteiger partial charge is 0.459 e. The van der Waals surface area contributed by atoms with E-state index >= 15 is 0 Å². The molecule has 1 N–H and O–H groups in total. The van der Waals surface area contributed by atoms with Gasteiger partial charge in [0.05, 0.1) is 44.6 Å². The van der Waals surface area contributed by atoms with E-state index in [0.717, 1.165) is 54.0 Å². The Bertz CT molecular complexity index is 1310. The van der Waals surface area contributed by atoms with Gasteiger partial charge in [-0.15, -0.1) is 11.8 Å². The van der Waals surface area contributed by atoms with E-state index < -0.39 is 12.1 Å². The zero-order valence-corrected chi connectivity index (χ0v) is 24.4. The van der Waals surface area contributed by atoms with Crippen LogP contribution in [0.5, 0.6) is 0 Å². The number of carbonyl (C=O) groups excluding carboxylic acids is 2. The third-order valence-electron chi connectivity index (χ3n) is 7.88. The predicted molar refractivity (Wildman–Crippen MR) is 158 cm³/mol. The van der Waals surface area contributed by atoms with Gasteiger partial charge in [0.1, 0.15) is 24.0 Å². The fourth-order valence-corrected chi connectivity index (χ4v) is 6.32. The van der Waals surface area contributed by atoms with Gasteiger partial charge < -0.3 is 24.6 Å². The second-order valence-electron chi connectivity index (χ2n) is 11.0. The first-order valence-corrected chi connectivity index (χ1v) is 14.6. The van der Waals surface area contributed by atoms with Crippen LogP contribution >= 0.6 is 11.8 Å². The maximum Gasteiger partial charge on any atom is 0.414 e. The summed E-state index contributed by atoms with van der Waals surface area (Å²) in [5, 5.41) is 5.29. The first kappa shape index (κ1) is 28.0. The summed E-state index contributed by atoms with van der Waals surface area (Å²) in [5.41, 5.74) is 4.18. The van der Waals surface area contributed by atoms with Crippen LogP contribution in [0.2, 0.25) is 0 Å². The van der Waals surface area contributed by atoms with Crippen molar-refractivity contribution in [3.05, 3.63) is 71.6 Å². The topological polar surface area (TPSA) is 83.5 Å². The van der Waals surface area contributed by atoms with Crippen LogP contribution in [0.15, 0.2) is 71.0 Å². The predicted octanol–water partition coefficient (Wildman–Crippen LogP) is 4.66. The van der Waals surface area contributed by atoms with Crippen molar-refractivity contribution < 1.29 is 23.5 Å².